The van der Waals surface area contributed by atoms with E-state index in [1.807, 2.05) is 6.19 Å². The SMILES string of the molecule is N#CN(CCO)CCO. The van der Waals surface area contributed by atoms with Gasteiger partial charge in [-0.3, -0.25) is 0 Å². The second-order valence-electron chi connectivity index (χ2n) is 1.53. The second-order valence-corrected chi connectivity index (χ2v) is 1.53. The van der Waals surface area contributed by atoms with Crippen molar-refractivity contribution in [2.24, 2.45) is 0 Å². The zero-order valence-corrected chi connectivity index (χ0v) is 5.12. The number of hydrogen-bond acceptors (Lipinski definition) is 4. The molecule has 9 heavy (non-hydrogen) atoms. The van der Waals surface area contributed by atoms with Gasteiger partial charge < -0.3 is 15.1 Å². The summed E-state index contributed by atoms with van der Waals surface area (Å²) in [5.74, 6) is 0. The molecule has 0 rings (SSSR count). The number of nitrogens with zero attached hydrogens (tertiary/aromatic N) is 2. The normalized spacial score (nSPS) is 8.56. The number of aliphatic hydroxyl groups excluding tert-OH is 2. The van der Waals surface area contributed by atoms with Crippen LogP contribution in [0.3, 0.4) is 0 Å². The van der Waals surface area contributed by atoms with E-state index < -0.39 is 0 Å². The Balaban J connectivity index is 3.32. The van der Waals surface area contributed by atoms with Crippen molar-refractivity contribution >= 4 is 0 Å². The lowest BCUT2D eigenvalue weighted by atomic mass is 10.5. The Morgan fingerprint density at radius 1 is 1.22 bits per heavy atom. The Morgan fingerprint density at radius 3 is 1.89 bits per heavy atom. The average Bonchev–Trinajstić information content (AvgIpc) is 1.88. The Bertz CT molecular complexity index is 93.6. The van der Waals surface area contributed by atoms with Gasteiger partial charge in [-0.05, 0) is 0 Å². The number of hydrogen-bond donors (Lipinski definition) is 2. The first kappa shape index (κ1) is 8.21. The quantitative estimate of drug-likeness (QED) is 0.369. The molecule has 0 amide bonds. The summed E-state index contributed by atoms with van der Waals surface area (Å²) in [6.45, 7) is 0.509. The topological polar surface area (TPSA) is 67.5 Å². The van der Waals surface area contributed by atoms with E-state index in [1.165, 1.54) is 4.90 Å². The third kappa shape index (κ3) is 3.76. The fourth-order valence-electron chi connectivity index (χ4n) is 0.453. The summed E-state index contributed by atoms with van der Waals surface area (Å²) in [7, 11) is 0. The van der Waals surface area contributed by atoms with Crippen molar-refractivity contribution in [1.82, 2.24) is 4.90 Å². The van der Waals surface area contributed by atoms with Crippen LogP contribution < -0.4 is 0 Å². The maximum Gasteiger partial charge on any atom is 0.179 e. The van der Waals surface area contributed by atoms with Crippen molar-refractivity contribution in [3.8, 4) is 6.19 Å². The van der Waals surface area contributed by atoms with Crippen LogP contribution in [0, 0.1) is 11.5 Å². The molecule has 0 bridgehead atoms. The summed E-state index contributed by atoms with van der Waals surface area (Å²) in [6, 6.07) is 0. The van der Waals surface area contributed by atoms with Crippen LogP contribution in [0.5, 0.6) is 0 Å². The molecule has 0 unspecified atom stereocenters. The fourth-order valence-corrected chi connectivity index (χ4v) is 0.453. The molecule has 0 atom stereocenters. The Morgan fingerprint density at radius 2 is 1.67 bits per heavy atom. The van der Waals surface area contributed by atoms with Gasteiger partial charge in [-0.1, -0.05) is 0 Å². The second kappa shape index (κ2) is 5.35. The van der Waals surface area contributed by atoms with E-state index in [2.05, 4.69) is 0 Å². The fraction of sp³-hybridized carbons (Fsp3) is 0.800. The Kier molecular flexibility index (Phi) is 4.88. The maximum absolute atomic E-state index is 8.32. The van der Waals surface area contributed by atoms with E-state index in [1.54, 1.807) is 0 Å². The van der Waals surface area contributed by atoms with Crippen LogP contribution in [0.25, 0.3) is 0 Å². The largest absolute Gasteiger partial charge is 0.395 e. The van der Waals surface area contributed by atoms with Gasteiger partial charge >= 0.3 is 0 Å². The van der Waals surface area contributed by atoms with E-state index in [0.29, 0.717) is 13.1 Å². The van der Waals surface area contributed by atoms with Gasteiger partial charge in [0, 0.05) is 0 Å². The number of aliphatic hydroxyl groups is 2. The van der Waals surface area contributed by atoms with Crippen molar-refractivity contribution < 1.29 is 10.2 Å². The standard InChI is InChI=1S/C5H10N2O2/c6-5-7(1-3-8)2-4-9/h8-9H,1-4H2. The highest BCUT2D eigenvalue weighted by Crippen LogP contribution is 1.80. The lowest BCUT2D eigenvalue weighted by molar-refractivity contribution is 0.204. The van der Waals surface area contributed by atoms with Gasteiger partial charge in [-0.15, -0.1) is 0 Å². The highest BCUT2D eigenvalue weighted by Gasteiger charge is 1.96. The number of nitriles is 1. The molecule has 0 aromatic heterocycles. The minimum absolute atomic E-state index is 0.0481. The van der Waals surface area contributed by atoms with Crippen LogP contribution in [-0.4, -0.2) is 41.4 Å². The van der Waals surface area contributed by atoms with Crippen molar-refractivity contribution in [3.05, 3.63) is 0 Å². The molecule has 0 saturated carbocycles. The summed E-state index contributed by atoms with van der Waals surface area (Å²) < 4.78 is 0. The van der Waals surface area contributed by atoms with Crippen LogP contribution in [-0.2, 0) is 0 Å². The van der Waals surface area contributed by atoms with Gasteiger partial charge in [0.1, 0.15) is 0 Å². The van der Waals surface area contributed by atoms with Crippen LogP contribution >= 0.6 is 0 Å². The number of rotatable bonds is 4. The summed E-state index contributed by atoms with van der Waals surface area (Å²) >= 11 is 0. The lowest BCUT2D eigenvalue weighted by Gasteiger charge is -2.10. The highest BCUT2D eigenvalue weighted by molar-refractivity contribution is 4.71. The molecular weight excluding hydrogens is 120 g/mol. The first-order valence-corrected chi connectivity index (χ1v) is 2.71. The molecule has 0 heterocycles. The first-order valence-electron chi connectivity index (χ1n) is 2.71. The molecule has 4 nitrogen and oxygen atoms in total. The van der Waals surface area contributed by atoms with E-state index in [0.717, 1.165) is 0 Å². The zero-order valence-electron chi connectivity index (χ0n) is 5.12. The molecule has 0 aliphatic heterocycles. The van der Waals surface area contributed by atoms with Gasteiger partial charge in [0.05, 0.1) is 26.3 Å². The lowest BCUT2D eigenvalue weighted by Crippen LogP contribution is -2.24. The molecule has 0 aromatic carbocycles. The summed E-state index contributed by atoms with van der Waals surface area (Å²) in [4.78, 5) is 1.29. The molecule has 0 saturated heterocycles. The van der Waals surface area contributed by atoms with Gasteiger partial charge in [0.25, 0.3) is 0 Å². The molecule has 4 heteroatoms. The molecule has 0 fully saturated rings. The monoisotopic (exact) mass is 130 g/mol. The van der Waals surface area contributed by atoms with Gasteiger partial charge in [-0.25, -0.2) is 0 Å². The smallest absolute Gasteiger partial charge is 0.179 e. The predicted molar refractivity (Wildman–Crippen MR) is 31.4 cm³/mol. The van der Waals surface area contributed by atoms with Crippen LogP contribution in [0.4, 0.5) is 0 Å². The van der Waals surface area contributed by atoms with Crippen LogP contribution in [0.1, 0.15) is 0 Å². The van der Waals surface area contributed by atoms with Gasteiger partial charge in [0.15, 0.2) is 6.19 Å². The van der Waals surface area contributed by atoms with Crippen molar-refractivity contribution in [2.45, 2.75) is 0 Å². The zero-order chi connectivity index (χ0) is 7.11. The molecule has 0 aromatic rings. The van der Waals surface area contributed by atoms with Crippen molar-refractivity contribution in [2.75, 3.05) is 26.3 Å². The molecule has 52 valence electrons. The van der Waals surface area contributed by atoms with Gasteiger partial charge in [0.2, 0.25) is 0 Å². The van der Waals surface area contributed by atoms with E-state index in [-0.39, 0.29) is 13.2 Å². The molecule has 2 N–H and O–H groups in total. The summed E-state index contributed by atoms with van der Waals surface area (Å²) in [5, 5.41) is 24.9. The third-order valence-electron chi connectivity index (χ3n) is 0.881. The summed E-state index contributed by atoms with van der Waals surface area (Å²) in [6.07, 6.45) is 1.82. The predicted octanol–water partition coefficient (Wildman–Crippen LogP) is -1.25. The molecule has 0 radical (unpaired) electrons. The highest BCUT2D eigenvalue weighted by atomic mass is 16.3. The van der Waals surface area contributed by atoms with Gasteiger partial charge in [-0.2, -0.15) is 5.26 Å². The molecular formula is C5H10N2O2. The van der Waals surface area contributed by atoms with Crippen LogP contribution in [0.15, 0.2) is 0 Å². The van der Waals surface area contributed by atoms with E-state index in [9.17, 15) is 0 Å². The molecule has 0 aliphatic carbocycles. The Labute approximate surface area is 53.9 Å². The molecule has 0 aliphatic rings. The van der Waals surface area contributed by atoms with E-state index >= 15 is 0 Å². The first-order chi connectivity index (χ1) is 4.35. The van der Waals surface area contributed by atoms with E-state index in [4.69, 9.17) is 15.5 Å². The minimum atomic E-state index is -0.0481. The molecule has 0 spiro atoms. The van der Waals surface area contributed by atoms with Crippen molar-refractivity contribution in [3.63, 3.8) is 0 Å². The van der Waals surface area contributed by atoms with Crippen LogP contribution in [0.2, 0.25) is 0 Å². The minimum Gasteiger partial charge on any atom is -0.395 e. The third-order valence-corrected chi connectivity index (χ3v) is 0.881. The summed E-state index contributed by atoms with van der Waals surface area (Å²) in [5.41, 5.74) is 0. The average molecular weight is 130 g/mol. The maximum atomic E-state index is 8.32. The van der Waals surface area contributed by atoms with Crippen molar-refractivity contribution in [1.29, 1.82) is 5.26 Å². The Hall–Kier alpha value is -0.790.